The molecule has 0 fully saturated rings. The number of hydrogen-bond donors (Lipinski definition) is 0. The van der Waals surface area contributed by atoms with Crippen LogP contribution < -0.4 is 25.4 Å². The van der Waals surface area contributed by atoms with Crippen LogP contribution in [0.4, 0.5) is 0 Å². The first-order valence-corrected chi connectivity index (χ1v) is 18.6. The molecule has 0 aromatic heterocycles. The molecule has 0 spiro atoms. The molecule has 6 heteroatoms. The van der Waals surface area contributed by atoms with Crippen molar-refractivity contribution in [3.63, 3.8) is 0 Å². The van der Waals surface area contributed by atoms with Crippen LogP contribution in [0.1, 0.15) is 22.3 Å². The number of rotatable bonds is 14. The third-order valence-corrected chi connectivity index (χ3v) is 14.0. The van der Waals surface area contributed by atoms with Gasteiger partial charge in [-0.05, 0) is 77.4 Å². The van der Waals surface area contributed by atoms with E-state index < -0.39 is 24.3 Å². The molecule has 0 N–H and O–H groups in total. The Morgan fingerprint density at radius 2 is 1.02 bits per heavy atom. The molecule has 4 nitrogen and oxygen atoms in total. The van der Waals surface area contributed by atoms with E-state index >= 15 is 0 Å². The maximum absolute atomic E-state index is 13.4. The first-order chi connectivity index (χ1) is 24.1. The molecule has 2 unspecified atom stereocenters. The molecule has 6 aromatic rings. The lowest BCUT2D eigenvalue weighted by molar-refractivity contribution is -0.140. The van der Waals surface area contributed by atoms with Gasteiger partial charge in [0.05, 0.1) is 13.7 Å². The van der Waals surface area contributed by atoms with E-state index in [9.17, 15) is 4.79 Å². The lowest BCUT2D eigenvalue weighted by Gasteiger charge is -2.36. The van der Waals surface area contributed by atoms with Gasteiger partial charge in [0.2, 0.25) is 0 Å². The molecule has 0 aliphatic heterocycles. The molecule has 6 rings (SSSR count). The molecule has 246 valence electrons. The largest absolute Gasteiger partial charge is 0.493 e. The van der Waals surface area contributed by atoms with Gasteiger partial charge in [-0.25, -0.2) is 0 Å². The number of esters is 1. The summed E-state index contributed by atoms with van der Waals surface area (Å²) in [7, 11) is -1.18. The molecule has 0 bridgehead atoms. The number of halogens is 1. The van der Waals surface area contributed by atoms with Crippen molar-refractivity contribution in [1.82, 2.24) is 0 Å². The average molecular weight is 686 g/mol. The van der Waals surface area contributed by atoms with Gasteiger partial charge >= 0.3 is 5.97 Å². The van der Waals surface area contributed by atoms with Gasteiger partial charge in [-0.2, -0.15) is 0 Å². The van der Waals surface area contributed by atoms with E-state index in [0.29, 0.717) is 13.2 Å². The third-order valence-electron chi connectivity index (χ3n) is 8.66. The fraction of sp³-hybridized carbons (Fsp3) is 0.140. The van der Waals surface area contributed by atoms with Crippen LogP contribution in [0.5, 0.6) is 11.5 Å². The number of benzene rings is 6. The minimum Gasteiger partial charge on any atom is -0.493 e. The fourth-order valence-corrected chi connectivity index (χ4v) is 12.0. The molecule has 0 saturated carbocycles. The zero-order valence-electron chi connectivity index (χ0n) is 27.4. The minimum absolute atomic E-state index is 0.401. The highest BCUT2D eigenvalue weighted by Gasteiger charge is 2.57. The Balaban J connectivity index is 1.26. The monoisotopic (exact) mass is 685 g/mol. The summed E-state index contributed by atoms with van der Waals surface area (Å²) in [6, 6.07) is 57.7. The summed E-state index contributed by atoms with van der Waals surface area (Å²) in [6.45, 7) is 1.04. The Kier molecular flexibility index (Phi) is 11.4. The summed E-state index contributed by atoms with van der Waals surface area (Å²) in [5, 5.41) is 2.48. The van der Waals surface area contributed by atoms with Crippen LogP contribution in [-0.2, 0) is 22.6 Å². The predicted molar refractivity (Wildman–Crippen MR) is 202 cm³/mol. The first-order valence-electron chi connectivity index (χ1n) is 16.4. The van der Waals surface area contributed by atoms with E-state index in [-0.39, 0.29) is 0 Å². The third kappa shape index (κ3) is 7.89. The molecule has 0 amide bonds. The summed E-state index contributed by atoms with van der Waals surface area (Å²) < 4.78 is 17.3. The summed E-state index contributed by atoms with van der Waals surface area (Å²) in [6.07, 6.45) is 0.717. The van der Waals surface area contributed by atoms with E-state index in [1.165, 1.54) is 7.11 Å². The second-order valence-corrected chi connectivity index (χ2v) is 15.7. The summed E-state index contributed by atoms with van der Waals surface area (Å²) >= 11 is 7.24. The van der Waals surface area contributed by atoms with Gasteiger partial charge in [-0.1, -0.05) is 109 Å². The van der Waals surface area contributed by atoms with Crippen molar-refractivity contribution in [3.05, 3.63) is 187 Å². The molecule has 0 radical (unpaired) electrons. The molecular formula is C43H39ClO4P+. The van der Waals surface area contributed by atoms with Gasteiger partial charge < -0.3 is 14.2 Å². The predicted octanol–water partition coefficient (Wildman–Crippen LogP) is 8.70. The number of carbonyl (C=O) groups is 1. The molecule has 6 aromatic carbocycles. The lowest BCUT2D eigenvalue weighted by atomic mass is 10.0. The van der Waals surface area contributed by atoms with E-state index in [1.54, 1.807) is 0 Å². The zero-order valence-corrected chi connectivity index (χ0v) is 29.1. The Hall–Kier alpha value is -4.89. The van der Waals surface area contributed by atoms with Crippen LogP contribution in [0.25, 0.3) is 0 Å². The van der Waals surface area contributed by atoms with E-state index in [2.05, 4.69) is 97.1 Å². The summed E-state index contributed by atoms with van der Waals surface area (Å²) in [5.74, 6) is 1.13. The highest BCUT2D eigenvalue weighted by molar-refractivity contribution is 7.96. The molecule has 2 atom stereocenters. The van der Waals surface area contributed by atoms with E-state index in [0.717, 1.165) is 50.5 Å². The lowest BCUT2D eigenvalue weighted by Crippen LogP contribution is -2.40. The quantitative estimate of drug-likeness (QED) is 0.0654. The second kappa shape index (κ2) is 16.5. The van der Waals surface area contributed by atoms with Crippen molar-refractivity contribution in [2.75, 3.05) is 13.7 Å². The van der Waals surface area contributed by atoms with Crippen molar-refractivity contribution < 1.29 is 19.0 Å². The molecular weight excluding hydrogens is 647 g/mol. The molecule has 0 heterocycles. The van der Waals surface area contributed by atoms with E-state index in [4.69, 9.17) is 25.8 Å². The standard InChI is InChI=1S/C43H39ClO4P/c1-46-43(45)41(44)42(49(38-16-8-3-9-17-38,39-18-10-4-11-19-39)40-20-12-5-13-21-40)35-24-22-33(23-25-35)30-31-47-36-26-28-37(29-27-36)48-32-34-14-6-2-7-15-34/h2-29,41-42H,30-32H2,1H3/q+1. The van der Waals surface area contributed by atoms with Crippen molar-refractivity contribution in [3.8, 4) is 11.5 Å². The van der Waals surface area contributed by atoms with Gasteiger partial charge in [-0.3, -0.25) is 4.79 Å². The van der Waals surface area contributed by atoms with Crippen molar-refractivity contribution >= 4 is 40.7 Å². The van der Waals surface area contributed by atoms with Crippen molar-refractivity contribution in [2.24, 2.45) is 0 Å². The van der Waals surface area contributed by atoms with Gasteiger partial charge in [0.1, 0.15) is 46.9 Å². The Labute approximate surface area is 294 Å². The van der Waals surface area contributed by atoms with E-state index in [1.807, 2.05) is 72.8 Å². The number of methoxy groups -OCH3 is 1. The zero-order chi connectivity index (χ0) is 33.9. The number of alkyl halides is 1. The number of hydrogen-bond acceptors (Lipinski definition) is 4. The fourth-order valence-electron chi connectivity index (χ4n) is 6.29. The van der Waals surface area contributed by atoms with Gasteiger partial charge in [-0.15, -0.1) is 11.6 Å². The maximum Gasteiger partial charge on any atom is 0.328 e. The van der Waals surface area contributed by atoms with Crippen LogP contribution in [-0.4, -0.2) is 25.1 Å². The smallest absolute Gasteiger partial charge is 0.328 e. The summed E-state index contributed by atoms with van der Waals surface area (Å²) in [4.78, 5) is 13.4. The summed E-state index contributed by atoms with van der Waals surface area (Å²) in [5.41, 5.74) is 2.82. The number of carbonyl (C=O) groups excluding carboxylic acids is 1. The van der Waals surface area contributed by atoms with Crippen LogP contribution in [0.3, 0.4) is 0 Å². The van der Waals surface area contributed by atoms with Crippen LogP contribution >= 0.6 is 18.9 Å². The Morgan fingerprint density at radius 3 is 1.49 bits per heavy atom. The van der Waals surface area contributed by atoms with Crippen LogP contribution in [0.2, 0.25) is 0 Å². The van der Waals surface area contributed by atoms with Crippen LogP contribution in [0, 0.1) is 0 Å². The normalized spacial score (nSPS) is 12.4. The highest BCUT2D eigenvalue weighted by Crippen LogP contribution is 2.68. The molecule has 0 aliphatic carbocycles. The van der Waals surface area contributed by atoms with Crippen molar-refractivity contribution in [1.29, 1.82) is 0 Å². The van der Waals surface area contributed by atoms with Crippen LogP contribution in [0.15, 0.2) is 170 Å². The Morgan fingerprint density at radius 1 is 0.571 bits per heavy atom. The number of ether oxygens (including phenoxy) is 3. The maximum atomic E-state index is 13.4. The highest BCUT2D eigenvalue weighted by atomic mass is 35.5. The first kappa shape index (κ1) is 34.0. The molecule has 0 saturated heterocycles. The minimum atomic E-state index is -2.58. The Bertz CT molecular complexity index is 1790. The van der Waals surface area contributed by atoms with Gasteiger partial charge in [0.25, 0.3) is 0 Å². The van der Waals surface area contributed by atoms with Gasteiger partial charge in [0.15, 0.2) is 5.38 Å². The topological polar surface area (TPSA) is 44.8 Å². The molecule has 49 heavy (non-hydrogen) atoms. The molecule has 0 aliphatic rings. The van der Waals surface area contributed by atoms with Crippen molar-refractivity contribution in [2.45, 2.75) is 24.1 Å². The SMILES string of the molecule is COC(=O)C(Cl)C(c1ccc(CCOc2ccc(OCc3ccccc3)cc2)cc1)[P+](c1ccccc1)(c1ccccc1)c1ccccc1. The average Bonchev–Trinajstić information content (AvgIpc) is 3.18. The second-order valence-electron chi connectivity index (χ2n) is 11.7. The van der Waals surface area contributed by atoms with Gasteiger partial charge in [0, 0.05) is 6.42 Å².